The Bertz CT molecular complexity index is 319. The zero-order valence-electron chi connectivity index (χ0n) is 8.04. The minimum Gasteiger partial charge on any atom is -0.143 e. The topological polar surface area (TPSA) is 25.8 Å². The van der Waals surface area contributed by atoms with E-state index in [-0.39, 0.29) is 5.38 Å². The third-order valence-corrected chi connectivity index (χ3v) is 4.16. The average molecular weight is 217 g/mol. The Kier molecular flexibility index (Phi) is 2.11. The summed E-state index contributed by atoms with van der Waals surface area (Å²) in [6, 6.07) is 0. The minimum atomic E-state index is -0.00638. The van der Waals surface area contributed by atoms with Gasteiger partial charge in [0.2, 0.25) is 0 Å². The first-order valence-electron chi connectivity index (χ1n) is 4.48. The smallest absolute Gasteiger partial charge is 0.135 e. The monoisotopic (exact) mass is 216 g/mol. The van der Waals surface area contributed by atoms with Gasteiger partial charge in [-0.3, -0.25) is 0 Å². The Morgan fingerprint density at radius 3 is 2.54 bits per heavy atom. The van der Waals surface area contributed by atoms with Gasteiger partial charge in [-0.15, -0.1) is 21.8 Å². The van der Waals surface area contributed by atoms with Gasteiger partial charge in [-0.25, -0.2) is 0 Å². The number of rotatable bonds is 2. The summed E-state index contributed by atoms with van der Waals surface area (Å²) in [5.41, 5.74) is 0.437. The molecule has 2 rings (SSSR count). The van der Waals surface area contributed by atoms with Gasteiger partial charge >= 0.3 is 0 Å². The first-order valence-corrected chi connectivity index (χ1v) is 5.73. The third-order valence-electron chi connectivity index (χ3n) is 2.61. The molecule has 1 heterocycles. The average Bonchev–Trinajstić information content (AvgIpc) is 2.50. The number of alkyl halides is 1. The van der Waals surface area contributed by atoms with E-state index < -0.39 is 0 Å². The first kappa shape index (κ1) is 9.41. The fourth-order valence-corrected chi connectivity index (χ4v) is 2.70. The summed E-state index contributed by atoms with van der Waals surface area (Å²) in [4.78, 5) is 0. The maximum atomic E-state index is 5.92. The van der Waals surface area contributed by atoms with E-state index in [1.807, 2.05) is 6.92 Å². The van der Waals surface area contributed by atoms with Crippen molar-refractivity contribution in [1.29, 1.82) is 0 Å². The van der Waals surface area contributed by atoms with Crippen molar-refractivity contribution in [3.05, 3.63) is 10.0 Å². The molecule has 13 heavy (non-hydrogen) atoms. The molecule has 0 radical (unpaired) electrons. The zero-order chi connectivity index (χ0) is 9.64. The number of nitrogens with zero attached hydrogens (tertiary/aromatic N) is 2. The molecule has 4 heteroatoms. The lowest BCUT2D eigenvalue weighted by Crippen LogP contribution is -1.88. The fraction of sp³-hybridized carbons (Fsp3) is 0.778. The molecular weight excluding hydrogens is 204 g/mol. The standard InChI is InChI=1S/C9H13ClN2S/c1-5(10)7-11-12-8(13-7)6-4-9(6,2)3/h5-6H,4H2,1-3H3. The third kappa shape index (κ3) is 1.72. The Hall–Kier alpha value is -0.150. The van der Waals surface area contributed by atoms with E-state index in [4.69, 9.17) is 11.6 Å². The van der Waals surface area contributed by atoms with Crippen LogP contribution in [0.25, 0.3) is 0 Å². The summed E-state index contributed by atoms with van der Waals surface area (Å²) < 4.78 is 0. The van der Waals surface area contributed by atoms with Gasteiger partial charge in [0.1, 0.15) is 10.0 Å². The Morgan fingerprint density at radius 2 is 2.15 bits per heavy atom. The van der Waals surface area contributed by atoms with E-state index in [9.17, 15) is 0 Å². The Morgan fingerprint density at radius 1 is 1.54 bits per heavy atom. The summed E-state index contributed by atoms with van der Waals surface area (Å²) in [5.74, 6) is 0.620. The van der Waals surface area contributed by atoms with Crippen LogP contribution in [0, 0.1) is 5.41 Å². The lowest BCUT2D eigenvalue weighted by Gasteiger charge is -1.96. The molecule has 0 aromatic carbocycles. The normalized spacial score (nSPS) is 27.2. The van der Waals surface area contributed by atoms with Gasteiger partial charge in [-0.1, -0.05) is 25.2 Å². The summed E-state index contributed by atoms with van der Waals surface area (Å²) in [5, 5.41) is 10.4. The lowest BCUT2D eigenvalue weighted by molar-refractivity contribution is 0.618. The van der Waals surface area contributed by atoms with E-state index in [2.05, 4.69) is 24.0 Å². The molecule has 1 fully saturated rings. The molecule has 0 amide bonds. The second-order valence-electron chi connectivity index (χ2n) is 4.34. The highest BCUT2D eigenvalue weighted by molar-refractivity contribution is 7.11. The number of hydrogen-bond donors (Lipinski definition) is 0. The zero-order valence-corrected chi connectivity index (χ0v) is 9.61. The minimum absolute atomic E-state index is 0.00638. The van der Waals surface area contributed by atoms with Crippen molar-refractivity contribution in [3.8, 4) is 0 Å². The van der Waals surface area contributed by atoms with Crippen LogP contribution in [0.5, 0.6) is 0 Å². The molecule has 0 N–H and O–H groups in total. The van der Waals surface area contributed by atoms with Gasteiger partial charge in [-0.05, 0) is 18.8 Å². The van der Waals surface area contributed by atoms with E-state index in [0.717, 1.165) is 10.0 Å². The summed E-state index contributed by atoms with van der Waals surface area (Å²) >= 11 is 7.58. The second-order valence-corrected chi connectivity index (χ2v) is 6.04. The van der Waals surface area contributed by atoms with Crippen molar-refractivity contribution in [2.24, 2.45) is 5.41 Å². The summed E-state index contributed by atoms with van der Waals surface area (Å²) in [7, 11) is 0. The number of aromatic nitrogens is 2. The van der Waals surface area contributed by atoms with Crippen molar-refractivity contribution in [3.63, 3.8) is 0 Å². The molecule has 0 bridgehead atoms. The lowest BCUT2D eigenvalue weighted by atomic mass is 10.1. The van der Waals surface area contributed by atoms with Crippen molar-refractivity contribution in [2.75, 3.05) is 0 Å². The number of halogens is 1. The molecule has 1 aromatic rings. The predicted molar refractivity (Wildman–Crippen MR) is 55.3 cm³/mol. The van der Waals surface area contributed by atoms with E-state index in [1.54, 1.807) is 11.3 Å². The van der Waals surface area contributed by atoms with Crippen molar-refractivity contribution in [2.45, 2.75) is 38.5 Å². The van der Waals surface area contributed by atoms with Gasteiger partial charge in [0, 0.05) is 5.92 Å². The highest BCUT2D eigenvalue weighted by Crippen LogP contribution is 2.59. The quantitative estimate of drug-likeness (QED) is 0.709. The van der Waals surface area contributed by atoms with Gasteiger partial charge in [0.15, 0.2) is 0 Å². The van der Waals surface area contributed by atoms with Crippen LogP contribution in [0.1, 0.15) is 48.5 Å². The molecule has 1 saturated carbocycles. The SMILES string of the molecule is CC(Cl)c1nnc(C2CC2(C)C)s1. The number of hydrogen-bond acceptors (Lipinski definition) is 3. The van der Waals surface area contributed by atoms with E-state index in [0.29, 0.717) is 11.3 Å². The van der Waals surface area contributed by atoms with E-state index in [1.165, 1.54) is 6.42 Å². The highest BCUT2D eigenvalue weighted by Gasteiger charge is 2.48. The van der Waals surface area contributed by atoms with Crippen molar-refractivity contribution in [1.82, 2.24) is 10.2 Å². The molecule has 1 aromatic heterocycles. The second kappa shape index (κ2) is 2.92. The maximum absolute atomic E-state index is 5.92. The van der Waals surface area contributed by atoms with Gasteiger partial charge in [-0.2, -0.15) is 0 Å². The van der Waals surface area contributed by atoms with Crippen LogP contribution in [-0.4, -0.2) is 10.2 Å². The maximum Gasteiger partial charge on any atom is 0.135 e. The molecule has 2 unspecified atom stereocenters. The molecule has 0 saturated heterocycles. The molecule has 2 atom stereocenters. The van der Waals surface area contributed by atoms with Crippen LogP contribution in [0.2, 0.25) is 0 Å². The summed E-state index contributed by atoms with van der Waals surface area (Å²) in [6.07, 6.45) is 1.23. The molecule has 0 aliphatic heterocycles. The van der Waals surface area contributed by atoms with Gasteiger partial charge in [0.05, 0.1) is 5.38 Å². The Labute approximate surface area is 87.3 Å². The van der Waals surface area contributed by atoms with E-state index >= 15 is 0 Å². The van der Waals surface area contributed by atoms with Crippen LogP contribution in [0.3, 0.4) is 0 Å². The molecule has 1 aliphatic carbocycles. The fourth-order valence-electron chi connectivity index (χ4n) is 1.44. The molecule has 0 spiro atoms. The van der Waals surface area contributed by atoms with Crippen LogP contribution < -0.4 is 0 Å². The summed E-state index contributed by atoms with van der Waals surface area (Å²) in [6.45, 7) is 6.47. The van der Waals surface area contributed by atoms with Gasteiger partial charge in [0.25, 0.3) is 0 Å². The predicted octanol–water partition coefficient (Wildman–Crippen LogP) is 3.35. The van der Waals surface area contributed by atoms with Crippen molar-refractivity contribution >= 4 is 22.9 Å². The van der Waals surface area contributed by atoms with Crippen LogP contribution >= 0.6 is 22.9 Å². The van der Waals surface area contributed by atoms with Crippen LogP contribution in [-0.2, 0) is 0 Å². The van der Waals surface area contributed by atoms with Crippen LogP contribution in [0.15, 0.2) is 0 Å². The van der Waals surface area contributed by atoms with Crippen LogP contribution in [0.4, 0.5) is 0 Å². The largest absolute Gasteiger partial charge is 0.143 e. The van der Waals surface area contributed by atoms with Gasteiger partial charge < -0.3 is 0 Å². The molecule has 2 nitrogen and oxygen atoms in total. The Balaban J connectivity index is 2.16. The molecular formula is C9H13ClN2S. The first-order chi connectivity index (χ1) is 6.00. The molecule has 1 aliphatic rings. The highest BCUT2D eigenvalue weighted by atomic mass is 35.5. The van der Waals surface area contributed by atoms with Crippen molar-refractivity contribution < 1.29 is 0 Å². The molecule has 72 valence electrons.